The molecule has 186 valence electrons. The maximum Gasteiger partial charge on any atom is 0.220 e. The van der Waals surface area contributed by atoms with E-state index in [0.717, 1.165) is 75.9 Å². The molecule has 4 heterocycles. The first-order valence-corrected chi connectivity index (χ1v) is 12.7. The van der Waals surface area contributed by atoms with E-state index in [1.54, 1.807) is 6.26 Å². The van der Waals surface area contributed by atoms with Crippen LogP contribution in [-0.2, 0) is 24.3 Å². The van der Waals surface area contributed by atoms with Crippen molar-refractivity contribution in [2.24, 2.45) is 11.8 Å². The van der Waals surface area contributed by atoms with E-state index in [4.69, 9.17) is 8.94 Å². The fourth-order valence-electron chi connectivity index (χ4n) is 5.21. The highest BCUT2D eigenvalue weighted by Crippen LogP contribution is 2.26. The first-order chi connectivity index (χ1) is 17.2. The van der Waals surface area contributed by atoms with Gasteiger partial charge in [-0.2, -0.15) is 0 Å². The number of nitrogens with one attached hydrogen (secondary N) is 2. The van der Waals surface area contributed by atoms with Gasteiger partial charge in [0, 0.05) is 44.4 Å². The average molecular weight is 478 g/mol. The van der Waals surface area contributed by atoms with Crippen molar-refractivity contribution in [1.29, 1.82) is 0 Å². The van der Waals surface area contributed by atoms with E-state index in [0.29, 0.717) is 24.8 Å². The van der Waals surface area contributed by atoms with Gasteiger partial charge in [0.25, 0.3) is 0 Å². The molecule has 2 saturated heterocycles. The van der Waals surface area contributed by atoms with E-state index in [-0.39, 0.29) is 5.91 Å². The fourth-order valence-corrected chi connectivity index (χ4v) is 5.21. The number of hydrogen-bond donors (Lipinski definition) is 2. The van der Waals surface area contributed by atoms with Gasteiger partial charge in [-0.25, -0.2) is 0 Å². The van der Waals surface area contributed by atoms with Crippen LogP contribution in [-0.4, -0.2) is 55.2 Å². The topological polar surface area (TPSA) is 86.8 Å². The van der Waals surface area contributed by atoms with E-state index in [9.17, 15) is 4.79 Å². The van der Waals surface area contributed by atoms with Crippen molar-refractivity contribution in [1.82, 2.24) is 20.7 Å². The molecular weight excluding hydrogens is 442 g/mol. The zero-order valence-electron chi connectivity index (χ0n) is 20.2. The molecule has 1 amide bonds. The monoisotopic (exact) mass is 477 g/mol. The van der Waals surface area contributed by atoms with Crippen LogP contribution in [0.2, 0.25) is 0 Å². The lowest BCUT2D eigenvalue weighted by atomic mass is 9.81. The Morgan fingerprint density at radius 2 is 1.91 bits per heavy atom. The molecule has 2 aromatic heterocycles. The minimum Gasteiger partial charge on any atom is -0.467 e. The van der Waals surface area contributed by atoms with Crippen LogP contribution in [0.5, 0.6) is 0 Å². The number of carbonyl (C=O) groups excluding carboxylic acids is 1. The summed E-state index contributed by atoms with van der Waals surface area (Å²) < 4.78 is 11.0. The second-order valence-corrected chi connectivity index (χ2v) is 9.66. The molecule has 2 aliphatic rings. The third kappa shape index (κ3) is 6.52. The predicted molar refractivity (Wildman–Crippen MR) is 134 cm³/mol. The summed E-state index contributed by atoms with van der Waals surface area (Å²) in [7, 11) is 0. The molecule has 2 unspecified atom stereocenters. The molecule has 0 spiro atoms. The number of rotatable bonds is 9. The van der Waals surface area contributed by atoms with Crippen LogP contribution in [0.15, 0.2) is 63.7 Å². The Kier molecular flexibility index (Phi) is 7.80. The molecule has 2 atom stereocenters. The Bertz CT molecular complexity index is 1040. The number of amides is 1. The molecule has 2 aliphatic heterocycles. The van der Waals surface area contributed by atoms with Crippen molar-refractivity contribution in [3.8, 4) is 0 Å². The van der Waals surface area contributed by atoms with Crippen molar-refractivity contribution in [3.05, 3.63) is 72.0 Å². The Labute approximate surface area is 206 Å². The first-order valence-electron chi connectivity index (χ1n) is 12.7. The molecule has 8 nitrogen and oxygen atoms in total. The Morgan fingerprint density at radius 3 is 2.71 bits per heavy atom. The summed E-state index contributed by atoms with van der Waals surface area (Å²) in [5.41, 5.74) is 2.28. The number of hydrogen-bond acceptors (Lipinski definition) is 7. The number of furan rings is 1. The van der Waals surface area contributed by atoms with E-state index < -0.39 is 0 Å². The Morgan fingerprint density at radius 1 is 1.06 bits per heavy atom. The van der Waals surface area contributed by atoms with E-state index in [1.807, 2.05) is 12.1 Å². The van der Waals surface area contributed by atoms with Gasteiger partial charge in [0.15, 0.2) is 5.76 Å². The van der Waals surface area contributed by atoms with Gasteiger partial charge in [-0.15, -0.1) is 0 Å². The van der Waals surface area contributed by atoms with Gasteiger partial charge in [-0.05, 0) is 62.0 Å². The highest BCUT2D eigenvalue weighted by molar-refractivity contribution is 5.76. The summed E-state index contributed by atoms with van der Waals surface area (Å²) in [6, 6.07) is 16.4. The summed E-state index contributed by atoms with van der Waals surface area (Å²) in [4.78, 5) is 17.4. The third-order valence-electron chi connectivity index (χ3n) is 7.20. The van der Waals surface area contributed by atoms with Gasteiger partial charge in [-0.3, -0.25) is 9.69 Å². The van der Waals surface area contributed by atoms with Gasteiger partial charge < -0.3 is 24.5 Å². The second-order valence-electron chi connectivity index (χ2n) is 9.66. The quantitative estimate of drug-likeness (QED) is 0.490. The number of piperidine rings is 1. The summed E-state index contributed by atoms with van der Waals surface area (Å²) >= 11 is 0. The van der Waals surface area contributed by atoms with Crippen LogP contribution >= 0.6 is 0 Å². The van der Waals surface area contributed by atoms with Crippen LogP contribution in [0, 0.1) is 11.8 Å². The van der Waals surface area contributed by atoms with Crippen LogP contribution in [0.25, 0.3) is 0 Å². The molecule has 35 heavy (non-hydrogen) atoms. The van der Waals surface area contributed by atoms with Crippen molar-refractivity contribution < 1.29 is 13.7 Å². The molecule has 1 aromatic carbocycles. The number of para-hydroxylation sites is 1. The molecule has 2 N–H and O–H groups in total. The normalized spacial score (nSPS) is 21.2. The van der Waals surface area contributed by atoms with Crippen LogP contribution in [0.3, 0.4) is 0 Å². The molecule has 5 rings (SSSR count). The summed E-state index contributed by atoms with van der Waals surface area (Å²) in [6.45, 7) is 7.13. The van der Waals surface area contributed by atoms with Gasteiger partial charge in [0.1, 0.15) is 5.76 Å². The van der Waals surface area contributed by atoms with Crippen LogP contribution < -0.4 is 15.5 Å². The SMILES string of the molecule is O=C(CC1CCNCC1Cc1cc(CN2CCN(c3ccccc3)CC2)on1)NCc1ccco1. The fraction of sp³-hybridized carbons (Fsp3) is 0.481. The molecule has 2 fully saturated rings. The zero-order valence-corrected chi connectivity index (χ0v) is 20.2. The Balaban J connectivity index is 1.09. The lowest BCUT2D eigenvalue weighted by Crippen LogP contribution is -2.45. The number of nitrogens with zero attached hydrogens (tertiary/aromatic N) is 3. The number of benzene rings is 1. The minimum atomic E-state index is 0.0776. The first kappa shape index (κ1) is 23.6. The summed E-state index contributed by atoms with van der Waals surface area (Å²) in [5.74, 6) is 2.47. The summed E-state index contributed by atoms with van der Waals surface area (Å²) in [5, 5.41) is 10.8. The molecule has 0 aliphatic carbocycles. The lowest BCUT2D eigenvalue weighted by molar-refractivity contribution is -0.122. The number of piperazine rings is 1. The lowest BCUT2D eigenvalue weighted by Gasteiger charge is -2.35. The maximum atomic E-state index is 12.5. The van der Waals surface area contributed by atoms with Gasteiger partial charge in [0.2, 0.25) is 5.91 Å². The molecule has 0 radical (unpaired) electrons. The molecular formula is C27H35N5O3. The number of aromatic nitrogens is 1. The van der Waals surface area contributed by atoms with E-state index in [1.165, 1.54) is 5.69 Å². The maximum absolute atomic E-state index is 12.5. The highest BCUT2D eigenvalue weighted by Gasteiger charge is 2.28. The van der Waals surface area contributed by atoms with Gasteiger partial charge in [0.05, 0.1) is 25.0 Å². The highest BCUT2D eigenvalue weighted by atomic mass is 16.5. The van der Waals surface area contributed by atoms with Crippen molar-refractivity contribution in [2.75, 3.05) is 44.2 Å². The average Bonchev–Trinajstić information content (AvgIpc) is 3.57. The van der Waals surface area contributed by atoms with Gasteiger partial charge in [-0.1, -0.05) is 23.4 Å². The summed E-state index contributed by atoms with van der Waals surface area (Å²) in [6.07, 6.45) is 3.98. The largest absolute Gasteiger partial charge is 0.467 e. The van der Waals surface area contributed by atoms with Gasteiger partial charge >= 0.3 is 0 Å². The molecule has 0 bridgehead atoms. The number of carbonyl (C=O) groups is 1. The standard InChI is InChI=1S/C27H35N5O3/c33-27(29-19-25-7-4-14-34-25)16-21-8-9-28-18-22(21)15-23-17-26(35-30-23)20-31-10-12-32(13-11-31)24-5-2-1-3-6-24/h1-7,14,17,21-22,28H,8-13,15-16,18-20H2,(H,29,33). The van der Waals surface area contributed by atoms with Crippen molar-refractivity contribution >= 4 is 11.6 Å². The molecule has 8 heteroatoms. The minimum absolute atomic E-state index is 0.0776. The molecule has 0 saturated carbocycles. The molecule has 3 aromatic rings. The van der Waals surface area contributed by atoms with Crippen LogP contribution in [0.4, 0.5) is 5.69 Å². The van der Waals surface area contributed by atoms with E-state index in [2.05, 4.69) is 62.0 Å². The third-order valence-corrected chi connectivity index (χ3v) is 7.20. The number of anilines is 1. The van der Waals surface area contributed by atoms with E-state index >= 15 is 0 Å². The zero-order chi connectivity index (χ0) is 23.9. The van der Waals surface area contributed by atoms with Crippen LogP contribution in [0.1, 0.15) is 30.1 Å². The predicted octanol–water partition coefficient (Wildman–Crippen LogP) is 3.06. The van der Waals surface area contributed by atoms with Crippen molar-refractivity contribution in [3.63, 3.8) is 0 Å². The Hall–Kier alpha value is -3.10. The second kappa shape index (κ2) is 11.6. The smallest absolute Gasteiger partial charge is 0.220 e. The van der Waals surface area contributed by atoms with Crippen molar-refractivity contribution in [2.45, 2.75) is 32.4 Å².